The summed E-state index contributed by atoms with van der Waals surface area (Å²) in [6, 6.07) is 5.64. The first kappa shape index (κ1) is 16.2. The molecule has 0 spiro atoms. The average Bonchev–Trinajstić information content (AvgIpc) is 2.67. The van der Waals surface area contributed by atoms with Crippen LogP contribution < -0.4 is 9.64 Å². The second-order valence-electron chi connectivity index (χ2n) is 6.69. The Bertz CT molecular complexity index is 700. The van der Waals surface area contributed by atoms with E-state index in [1.165, 1.54) is 12.4 Å². The van der Waals surface area contributed by atoms with E-state index in [-0.39, 0.29) is 11.5 Å². The lowest BCUT2D eigenvalue weighted by molar-refractivity contribution is -0.110. The molecule has 2 aliphatic heterocycles. The lowest BCUT2D eigenvalue weighted by Crippen LogP contribution is -2.57. The lowest BCUT2D eigenvalue weighted by Gasteiger charge is -2.50. The van der Waals surface area contributed by atoms with Crippen LogP contribution in [-0.2, 0) is 4.74 Å². The van der Waals surface area contributed by atoms with Gasteiger partial charge >= 0.3 is 0 Å². The topological polar surface area (TPSA) is 60.4 Å². The van der Waals surface area contributed by atoms with Crippen molar-refractivity contribution in [1.29, 1.82) is 0 Å². The highest BCUT2D eigenvalue weighted by molar-refractivity contribution is 5.31. The molecule has 25 heavy (non-hydrogen) atoms. The van der Waals surface area contributed by atoms with Crippen molar-refractivity contribution >= 4 is 5.95 Å². The van der Waals surface area contributed by atoms with Crippen LogP contribution in [0.4, 0.5) is 10.3 Å². The summed E-state index contributed by atoms with van der Waals surface area (Å²) in [5, 5.41) is 0. The Morgan fingerprint density at radius 3 is 2.96 bits per heavy atom. The fourth-order valence-electron chi connectivity index (χ4n) is 3.79. The molecule has 0 aliphatic carbocycles. The Morgan fingerprint density at radius 1 is 1.28 bits per heavy atom. The number of piperidine rings is 1. The number of ether oxygens (including phenoxy) is 2. The summed E-state index contributed by atoms with van der Waals surface area (Å²) in [6.45, 7) is 2.85. The van der Waals surface area contributed by atoms with Crippen LogP contribution in [-0.4, -0.2) is 47.4 Å². The Hall–Kier alpha value is -2.28. The molecule has 0 amide bonds. The molecular formula is C18H21FN4O2. The lowest BCUT2D eigenvalue weighted by atomic mass is 9.73. The number of hydrogen-bond acceptors (Lipinski definition) is 6. The zero-order valence-corrected chi connectivity index (χ0v) is 14.0. The predicted molar refractivity (Wildman–Crippen MR) is 90.0 cm³/mol. The van der Waals surface area contributed by atoms with Gasteiger partial charge in [0.1, 0.15) is 0 Å². The molecular weight excluding hydrogens is 323 g/mol. The molecule has 7 heteroatoms. The molecule has 2 aliphatic rings. The zero-order valence-electron chi connectivity index (χ0n) is 14.0. The van der Waals surface area contributed by atoms with Gasteiger partial charge in [0.25, 0.3) is 0 Å². The first-order chi connectivity index (χ1) is 12.3. The number of rotatable bonds is 4. The maximum atomic E-state index is 13.1. The fourth-order valence-corrected chi connectivity index (χ4v) is 3.79. The SMILES string of the molecule is Fc1cnc(N2CC[C@@H]3OCCC[C@]3(COc3ccccn3)C2)nc1. The van der Waals surface area contributed by atoms with Gasteiger partial charge in [-0.3, -0.25) is 0 Å². The summed E-state index contributed by atoms with van der Waals surface area (Å²) in [5.74, 6) is 0.756. The van der Waals surface area contributed by atoms with Crippen molar-refractivity contribution in [2.75, 3.05) is 31.2 Å². The van der Waals surface area contributed by atoms with Gasteiger partial charge in [0, 0.05) is 37.4 Å². The van der Waals surface area contributed by atoms with Crippen molar-refractivity contribution < 1.29 is 13.9 Å². The van der Waals surface area contributed by atoms with Gasteiger partial charge in [0.2, 0.25) is 11.8 Å². The molecule has 2 fully saturated rings. The molecule has 0 unspecified atom stereocenters. The van der Waals surface area contributed by atoms with Crippen LogP contribution in [0.5, 0.6) is 5.88 Å². The number of nitrogens with zero attached hydrogens (tertiary/aromatic N) is 4. The Labute approximate surface area is 146 Å². The van der Waals surface area contributed by atoms with E-state index in [9.17, 15) is 4.39 Å². The van der Waals surface area contributed by atoms with E-state index >= 15 is 0 Å². The number of aromatic nitrogens is 3. The van der Waals surface area contributed by atoms with Gasteiger partial charge in [-0.1, -0.05) is 6.07 Å². The summed E-state index contributed by atoms with van der Waals surface area (Å²) in [6.07, 6.45) is 7.20. The molecule has 0 radical (unpaired) electrons. The Morgan fingerprint density at radius 2 is 2.16 bits per heavy atom. The van der Waals surface area contributed by atoms with E-state index in [0.29, 0.717) is 18.4 Å². The number of anilines is 1. The van der Waals surface area contributed by atoms with Gasteiger partial charge in [0.15, 0.2) is 5.82 Å². The highest BCUT2D eigenvalue weighted by atomic mass is 19.1. The van der Waals surface area contributed by atoms with Gasteiger partial charge in [0.05, 0.1) is 25.1 Å². The van der Waals surface area contributed by atoms with Crippen LogP contribution in [0.3, 0.4) is 0 Å². The third-order valence-corrected chi connectivity index (χ3v) is 5.02. The minimum absolute atomic E-state index is 0.133. The van der Waals surface area contributed by atoms with E-state index in [1.54, 1.807) is 6.20 Å². The monoisotopic (exact) mass is 344 g/mol. The van der Waals surface area contributed by atoms with Crippen LogP contribution in [0.1, 0.15) is 19.3 Å². The highest BCUT2D eigenvalue weighted by Gasteiger charge is 2.47. The van der Waals surface area contributed by atoms with Gasteiger partial charge < -0.3 is 14.4 Å². The van der Waals surface area contributed by atoms with Crippen LogP contribution in [0, 0.1) is 11.2 Å². The fraction of sp³-hybridized carbons (Fsp3) is 0.500. The normalized spacial score (nSPS) is 26.1. The molecule has 132 valence electrons. The summed E-state index contributed by atoms with van der Waals surface area (Å²) in [7, 11) is 0. The maximum absolute atomic E-state index is 13.1. The summed E-state index contributed by atoms with van der Waals surface area (Å²) in [4.78, 5) is 14.6. The molecule has 0 saturated carbocycles. The van der Waals surface area contributed by atoms with Gasteiger partial charge in [-0.15, -0.1) is 0 Å². The van der Waals surface area contributed by atoms with Gasteiger partial charge in [-0.05, 0) is 25.3 Å². The van der Waals surface area contributed by atoms with Crippen LogP contribution in [0.25, 0.3) is 0 Å². The number of hydrogen-bond donors (Lipinski definition) is 0. The average molecular weight is 344 g/mol. The molecule has 4 heterocycles. The summed E-state index contributed by atoms with van der Waals surface area (Å²) in [5.41, 5.74) is -0.133. The van der Waals surface area contributed by atoms with Gasteiger partial charge in [-0.25, -0.2) is 19.3 Å². The number of fused-ring (bicyclic) bond motifs is 1. The highest BCUT2D eigenvalue weighted by Crippen LogP contribution is 2.41. The van der Waals surface area contributed by atoms with E-state index in [1.807, 2.05) is 18.2 Å². The van der Waals surface area contributed by atoms with Crippen LogP contribution in [0.2, 0.25) is 0 Å². The summed E-state index contributed by atoms with van der Waals surface area (Å²) >= 11 is 0. The molecule has 6 nitrogen and oxygen atoms in total. The third kappa shape index (κ3) is 3.42. The van der Waals surface area contributed by atoms with Crippen molar-refractivity contribution in [2.45, 2.75) is 25.4 Å². The third-order valence-electron chi connectivity index (χ3n) is 5.02. The molecule has 2 atom stereocenters. The van der Waals surface area contributed by atoms with Crippen molar-refractivity contribution in [3.8, 4) is 5.88 Å². The largest absolute Gasteiger partial charge is 0.477 e. The zero-order chi connectivity index (χ0) is 17.1. The first-order valence-electron chi connectivity index (χ1n) is 8.63. The van der Waals surface area contributed by atoms with Crippen LogP contribution in [0.15, 0.2) is 36.8 Å². The molecule has 0 bridgehead atoms. The molecule has 2 saturated heterocycles. The van der Waals surface area contributed by atoms with E-state index in [0.717, 1.165) is 39.0 Å². The number of halogens is 1. The van der Waals surface area contributed by atoms with Crippen molar-refractivity contribution in [3.05, 3.63) is 42.6 Å². The Balaban J connectivity index is 1.53. The van der Waals surface area contributed by atoms with E-state index < -0.39 is 5.82 Å². The smallest absolute Gasteiger partial charge is 0.225 e. The van der Waals surface area contributed by atoms with Crippen LogP contribution >= 0.6 is 0 Å². The van der Waals surface area contributed by atoms with E-state index in [4.69, 9.17) is 9.47 Å². The molecule has 0 N–H and O–H groups in total. The quantitative estimate of drug-likeness (QED) is 0.849. The number of pyridine rings is 1. The van der Waals surface area contributed by atoms with Gasteiger partial charge in [-0.2, -0.15) is 0 Å². The second kappa shape index (κ2) is 6.92. The minimum Gasteiger partial charge on any atom is -0.477 e. The van der Waals surface area contributed by atoms with Crippen molar-refractivity contribution in [3.63, 3.8) is 0 Å². The van der Waals surface area contributed by atoms with Crippen molar-refractivity contribution in [2.24, 2.45) is 5.41 Å². The molecule has 0 aromatic carbocycles. The first-order valence-corrected chi connectivity index (χ1v) is 8.63. The predicted octanol–water partition coefficient (Wildman–Crippen LogP) is 2.47. The summed E-state index contributed by atoms with van der Waals surface area (Å²) < 4.78 is 25.2. The molecule has 4 rings (SSSR count). The standard InChI is InChI=1S/C18H21FN4O2/c19-14-10-21-17(22-11-14)23-8-5-15-18(12-23,6-3-9-24-15)13-25-16-4-1-2-7-20-16/h1-2,4,7,10-11,15H,3,5-6,8-9,12-13H2/t15-,18+/m0/s1. The maximum Gasteiger partial charge on any atom is 0.225 e. The van der Waals surface area contributed by atoms with E-state index in [2.05, 4.69) is 19.9 Å². The second-order valence-corrected chi connectivity index (χ2v) is 6.69. The van der Waals surface area contributed by atoms with Crippen molar-refractivity contribution in [1.82, 2.24) is 15.0 Å². The molecule has 2 aromatic rings. The minimum atomic E-state index is -0.423. The molecule has 2 aromatic heterocycles. The Kier molecular flexibility index (Phi) is 4.48.